The zero-order valence-corrected chi connectivity index (χ0v) is 12.4. The van der Waals surface area contributed by atoms with E-state index in [1.54, 1.807) is 0 Å². The molecule has 102 valence electrons. The van der Waals surface area contributed by atoms with Gasteiger partial charge in [0.15, 0.2) is 0 Å². The molecule has 0 spiro atoms. The molecule has 1 fully saturated rings. The number of rotatable bonds is 5. The lowest BCUT2D eigenvalue weighted by Crippen LogP contribution is -2.44. The highest BCUT2D eigenvalue weighted by Crippen LogP contribution is 2.31. The van der Waals surface area contributed by atoms with E-state index in [1.165, 1.54) is 32.1 Å². The Bertz CT molecular complexity index is 217. The maximum absolute atomic E-state index is 9.78. The third-order valence-corrected chi connectivity index (χ3v) is 4.80. The molecule has 0 bridgehead atoms. The van der Waals surface area contributed by atoms with E-state index in [0.717, 1.165) is 18.5 Å². The third-order valence-electron chi connectivity index (χ3n) is 4.80. The van der Waals surface area contributed by atoms with E-state index in [0.29, 0.717) is 0 Å². The molecule has 2 nitrogen and oxygen atoms in total. The van der Waals surface area contributed by atoms with Gasteiger partial charge < -0.3 is 10.0 Å². The lowest BCUT2D eigenvalue weighted by atomic mass is 9.82. The molecule has 1 aliphatic rings. The fraction of sp³-hybridized carbons (Fsp3) is 1.00. The molecule has 0 saturated heterocycles. The molecule has 1 N–H and O–H groups in total. The van der Waals surface area contributed by atoms with Crippen LogP contribution in [0.4, 0.5) is 0 Å². The van der Waals surface area contributed by atoms with Crippen LogP contribution in [0.5, 0.6) is 0 Å². The van der Waals surface area contributed by atoms with E-state index in [4.69, 9.17) is 0 Å². The molecule has 0 heterocycles. The van der Waals surface area contributed by atoms with Gasteiger partial charge in [-0.25, -0.2) is 0 Å². The van der Waals surface area contributed by atoms with Gasteiger partial charge in [-0.2, -0.15) is 0 Å². The van der Waals surface area contributed by atoms with E-state index in [9.17, 15) is 5.11 Å². The highest BCUT2D eigenvalue weighted by molar-refractivity contribution is 4.83. The number of hydrogen-bond donors (Lipinski definition) is 1. The molecule has 1 aliphatic carbocycles. The second kappa shape index (κ2) is 6.19. The maximum atomic E-state index is 9.78. The zero-order valence-electron chi connectivity index (χ0n) is 12.4. The SMILES string of the molecule is CCC1CCC(N(C)CC(C)(C)C(C)O)CC1. The summed E-state index contributed by atoms with van der Waals surface area (Å²) in [6, 6.07) is 0.732. The van der Waals surface area contributed by atoms with Crippen molar-refractivity contribution in [2.75, 3.05) is 13.6 Å². The molecule has 1 atom stereocenters. The summed E-state index contributed by atoms with van der Waals surface area (Å²) >= 11 is 0. The van der Waals surface area contributed by atoms with Gasteiger partial charge >= 0.3 is 0 Å². The molecule has 0 amide bonds. The van der Waals surface area contributed by atoms with E-state index in [2.05, 4.69) is 32.7 Å². The molecule has 2 heteroatoms. The molecule has 0 radical (unpaired) electrons. The van der Waals surface area contributed by atoms with E-state index < -0.39 is 0 Å². The predicted octanol–water partition coefficient (Wildman–Crippen LogP) is 3.29. The minimum absolute atomic E-state index is 0.00362. The van der Waals surface area contributed by atoms with Gasteiger partial charge in [0, 0.05) is 18.0 Å². The normalized spacial score (nSPS) is 28.4. The summed E-state index contributed by atoms with van der Waals surface area (Å²) in [5.74, 6) is 0.962. The number of aliphatic hydroxyl groups is 1. The van der Waals surface area contributed by atoms with Crippen molar-refractivity contribution < 1.29 is 5.11 Å². The lowest BCUT2D eigenvalue weighted by molar-refractivity contribution is 0.0231. The van der Waals surface area contributed by atoms with Crippen molar-refractivity contribution in [3.63, 3.8) is 0 Å². The molecule has 0 aliphatic heterocycles. The van der Waals surface area contributed by atoms with Crippen molar-refractivity contribution in [2.24, 2.45) is 11.3 Å². The molecular weight excluding hydrogens is 210 g/mol. The van der Waals surface area contributed by atoms with Gasteiger partial charge in [-0.3, -0.25) is 0 Å². The number of aliphatic hydroxyl groups excluding tert-OH is 1. The van der Waals surface area contributed by atoms with Crippen LogP contribution in [0.2, 0.25) is 0 Å². The van der Waals surface area contributed by atoms with Crippen molar-refractivity contribution in [1.29, 1.82) is 0 Å². The zero-order chi connectivity index (χ0) is 13.1. The quantitative estimate of drug-likeness (QED) is 0.798. The summed E-state index contributed by atoms with van der Waals surface area (Å²) in [4.78, 5) is 2.47. The smallest absolute Gasteiger partial charge is 0.0575 e. The first kappa shape index (κ1) is 15.0. The van der Waals surface area contributed by atoms with Gasteiger partial charge in [0.1, 0.15) is 0 Å². The van der Waals surface area contributed by atoms with Crippen molar-refractivity contribution in [2.45, 2.75) is 71.9 Å². The molecule has 0 aromatic rings. The Kier molecular flexibility index (Phi) is 5.46. The first-order valence-electron chi connectivity index (χ1n) is 7.25. The Hall–Kier alpha value is -0.0800. The van der Waals surface area contributed by atoms with Gasteiger partial charge in [-0.15, -0.1) is 0 Å². The molecule has 1 rings (SSSR count). The second-order valence-electron chi connectivity index (χ2n) is 6.66. The second-order valence-corrected chi connectivity index (χ2v) is 6.66. The highest BCUT2D eigenvalue weighted by Gasteiger charge is 2.30. The number of hydrogen-bond acceptors (Lipinski definition) is 2. The largest absolute Gasteiger partial charge is 0.393 e. The first-order valence-corrected chi connectivity index (χ1v) is 7.25. The van der Waals surface area contributed by atoms with Crippen molar-refractivity contribution >= 4 is 0 Å². The van der Waals surface area contributed by atoms with Crippen LogP contribution in [0.1, 0.15) is 59.8 Å². The van der Waals surface area contributed by atoms with Gasteiger partial charge in [0.25, 0.3) is 0 Å². The van der Waals surface area contributed by atoms with Crippen molar-refractivity contribution in [1.82, 2.24) is 4.90 Å². The van der Waals surface area contributed by atoms with E-state index in [-0.39, 0.29) is 11.5 Å². The Labute approximate surface area is 107 Å². The maximum Gasteiger partial charge on any atom is 0.0575 e. The highest BCUT2D eigenvalue weighted by atomic mass is 16.3. The average molecular weight is 241 g/mol. The first-order chi connectivity index (χ1) is 7.86. The number of nitrogens with zero attached hydrogens (tertiary/aromatic N) is 1. The fourth-order valence-corrected chi connectivity index (χ4v) is 2.90. The summed E-state index contributed by atoms with van der Waals surface area (Å²) < 4.78 is 0. The Morgan fingerprint density at radius 3 is 2.18 bits per heavy atom. The van der Waals surface area contributed by atoms with Crippen LogP contribution in [0.15, 0.2) is 0 Å². The predicted molar refractivity (Wildman–Crippen MR) is 74.1 cm³/mol. The topological polar surface area (TPSA) is 23.5 Å². The molecular formula is C15H31NO. The van der Waals surface area contributed by atoms with E-state index >= 15 is 0 Å². The van der Waals surface area contributed by atoms with Gasteiger partial charge in [-0.1, -0.05) is 27.2 Å². The van der Waals surface area contributed by atoms with Crippen LogP contribution >= 0.6 is 0 Å². The Morgan fingerprint density at radius 1 is 1.24 bits per heavy atom. The summed E-state index contributed by atoms with van der Waals surface area (Å²) in [6.45, 7) is 9.52. The molecule has 0 aromatic heterocycles. The Morgan fingerprint density at radius 2 is 1.76 bits per heavy atom. The van der Waals surface area contributed by atoms with Crippen LogP contribution in [0.3, 0.4) is 0 Å². The third kappa shape index (κ3) is 4.26. The van der Waals surface area contributed by atoms with Gasteiger partial charge in [0.2, 0.25) is 0 Å². The molecule has 17 heavy (non-hydrogen) atoms. The summed E-state index contributed by atoms with van der Waals surface area (Å²) in [7, 11) is 2.22. The summed E-state index contributed by atoms with van der Waals surface area (Å²) in [5, 5.41) is 9.78. The molecule has 1 saturated carbocycles. The van der Waals surface area contributed by atoms with Gasteiger partial charge in [0.05, 0.1) is 6.10 Å². The van der Waals surface area contributed by atoms with Crippen LogP contribution in [-0.2, 0) is 0 Å². The minimum Gasteiger partial charge on any atom is -0.393 e. The lowest BCUT2D eigenvalue weighted by Gasteiger charge is -2.39. The molecule has 0 aromatic carbocycles. The monoisotopic (exact) mass is 241 g/mol. The van der Waals surface area contributed by atoms with Crippen LogP contribution < -0.4 is 0 Å². The minimum atomic E-state index is -0.239. The van der Waals surface area contributed by atoms with E-state index in [1.807, 2.05) is 6.92 Å². The van der Waals surface area contributed by atoms with Crippen molar-refractivity contribution in [3.8, 4) is 0 Å². The Balaban J connectivity index is 2.41. The van der Waals surface area contributed by atoms with Crippen molar-refractivity contribution in [3.05, 3.63) is 0 Å². The van der Waals surface area contributed by atoms with Crippen LogP contribution in [0.25, 0.3) is 0 Å². The summed E-state index contributed by atoms with van der Waals surface area (Å²) in [5.41, 5.74) is -0.00362. The summed E-state index contributed by atoms with van der Waals surface area (Å²) in [6.07, 6.45) is 6.56. The molecule has 1 unspecified atom stereocenters. The van der Waals surface area contributed by atoms with Gasteiger partial charge in [-0.05, 0) is 45.6 Å². The standard InChI is InChI=1S/C15H31NO/c1-6-13-7-9-14(10-8-13)16(5)11-15(3,4)12(2)17/h12-14,17H,6-11H2,1-5H3. The van der Waals surface area contributed by atoms with Crippen LogP contribution in [0, 0.1) is 11.3 Å². The van der Waals surface area contributed by atoms with Crippen LogP contribution in [-0.4, -0.2) is 35.7 Å². The fourth-order valence-electron chi connectivity index (χ4n) is 2.90. The average Bonchev–Trinajstić information content (AvgIpc) is 2.28.